The number of halogens is 1. The van der Waals surface area contributed by atoms with Crippen molar-refractivity contribution in [2.24, 2.45) is 5.92 Å². The van der Waals surface area contributed by atoms with Gasteiger partial charge in [-0.3, -0.25) is 0 Å². The van der Waals surface area contributed by atoms with E-state index in [1.54, 1.807) is 0 Å². The van der Waals surface area contributed by atoms with Gasteiger partial charge in [-0.1, -0.05) is 28.1 Å². The van der Waals surface area contributed by atoms with Gasteiger partial charge in [-0.2, -0.15) is 0 Å². The molecule has 1 unspecified atom stereocenters. The Balaban J connectivity index is 2.02. The van der Waals surface area contributed by atoms with Crippen LogP contribution in [0.4, 0.5) is 0 Å². The highest BCUT2D eigenvalue weighted by Crippen LogP contribution is 2.28. The summed E-state index contributed by atoms with van der Waals surface area (Å²) < 4.78 is 3.30. The summed E-state index contributed by atoms with van der Waals surface area (Å²) in [7, 11) is 0. The molecule has 0 fully saturated rings. The van der Waals surface area contributed by atoms with Crippen molar-refractivity contribution >= 4 is 15.9 Å². The fourth-order valence-electron chi connectivity index (χ4n) is 2.52. The number of nitrogens with zero attached hydrogens (tertiary/aromatic N) is 2. The summed E-state index contributed by atoms with van der Waals surface area (Å²) in [6, 6.07) is 8.19. The van der Waals surface area contributed by atoms with Crippen molar-refractivity contribution in [2.75, 3.05) is 6.61 Å². The number of aliphatic hydroxyl groups is 1. The second-order valence-electron chi connectivity index (χ2n) is 4.78. The van der Waals surface area contributed by atoms with E-state index in [0.717, 1.165) is 35.2 Å². The highest BCUT2D eigenvalue weighted by Gasteiger charge is 2.21. The topological polar surface area (TPSA) is 38.1 Å². The number of benzene rings is 1. The molecule has 94 valence electrons. The van der Waals surface area contributed by atoms with Gasteiger partial charge in [0.25, 0.3) is 0 Å². The zero-order chi connectivity index (χ0) is 12.5. The molecule has 0 amide bonds. The van der Waals surface area contributed by atoms with Gasteiger partial charge in [-0.05, 0) is 25.0 Å². The third-order valence-electron chi connectivity index (χ3n) is 3.53. The van der Waals surface area contributed by atoms with Crippen LogP contribution < -0.4 is 0 Å². The van der Waals surface area contributed by atoms with Crippen molar-refractivity contribution in [3.8, 4) is 11.4 Å². The molecule has 2 heterocycles. The molecular weight excluding hydrogens is 292 g/mol. The number of fused-ring (bicyclic) bond motifs is 1. The first-order valence-corrected chi connectivity index (χ1v) is 6.98. The molecule has 1 atom stereocenters. The minimum atomic E-state index is 0.259. The highest BCUT2D eigenvalue weighted by atomic mass is 79.9. The first-order chi connectivity index (χ1) is 8.78. The van der Waals surface area contributed by atoms with Crippen LogP contribution in [0.1, 0.15) is 12.1 Å². The molecule has 0 saturated carbocycles. The van der Waals surface area contributed by atoms with Gasteiger partial charge in [0.15, 0.2) is 0 Å². The Morgan fingerprint density at radius 1 is 1.44 bits per heavy atom. The summed E-state index contributed by atoms with van der Waals surface area (Å²) in [4.78, 5) is 4.54. The maximum absolute atomic E-state index is 9.32. The van der Waals surface area contributed by atoms with Crippen LogP contribution in [0.2, 0.25) is 0 Å². The molecule has 1 aromatic carbocycles. The molecule has 1 aliphatic rings. The Kier molecular flexibility index (Phi) is 3.22. The molecule has 0 radical (unpaired) electrons. The van der Waals surface area contributed by atoms with Crippen molar-refractivity contribution < 1.29 is 5.11 Å². The number of hydrogen-bond acceptors (Lipinski definition) is 2. The van der Waals surface area contributed by atoms with E-state index >= 15 is 0 Å². The van der Waals surface area contributed by atoms with Gasteiger partial charge in [0.2, 0.25) is 0 Å². The van der Waals surface area contributed by atoms with Crippen LogP contribution >= 0.6 is 15.9 Å². The van der Waals surface area contributed by atoms with Crippen molar-refractivity contribution in [2.45, 2.75) is 19.4 Å². The highest BCUT2D eigenvalue weighted by molar-refractivity contribution is 9.10. The summed E-state index contributed by atoms with van der Waals surface area (Å²) >= 11 is 3.49. The molecule has 1 aromatic heterocycles. The van der Waals surface area contributed by atoms with E-state index in [9.17, 15) is 5.11 Å². The first-order valence-electron chi connectivity index (χ1n) is 6.19. The Labute approximate surface area is 115 Å². The van der Waals surface area contributed by atoms with E-state index in [1.165, 1.54) is 5.69 Å². The average molecular weight is 307 g/mol. The van der Waals surface area contributed by atoms with E-state index in [0.29, 0.717) is 5.92 Å². The predicted molar refractivity (Wildman–Crippen MR) is 74.3 cm³/mol. The second-order valence-corrected chi connectivity index (χ2v) is 5.70. The lowest BCUT2D eigenvalue weighted by atomic mass is 9.99. The fraction of sp³-hybridized carbons (Fsp3) is 0.357. The first kappa shape index (κ1) is 11.9. The Morgan fingerprint density at radius 3 is 3.11 bits per heavy atom. The Morgan fingerprint density at radius 2 is 2.33 bits per heavy atom. The lowest BCUT2D eigenvalue weighted by Gasteiger charge is -2.23. The maximum atomic E-state index is 9.32. The summed E-state index contributed by atoms with van der Waals surface area (Å²) in [6.07, 6.45) is 4.02. The predicted octanol–water partition coefficient (Wildman–Crippen LogP) is 2.87. The van der Waals surface area contributed by atoms with Gasteiger partial charge < -0.3 is 9.67 Å². The molecule has 0 aliphatic carbocycles. The third-order valence-corrected chi connectivity index (χ3v) is 4.02. The molecule has 3 rings (SSSR count). The third kappa shape index (κ3) is 2.10. The summed E-state index contributed by atoms with van der Waals surface area (Å²) in [5.74, 6) is 1.36. The second kappa shape index (κ2) is 4.86. The van der Waals surface area contributed by atoms with Crippen molar-refractivity contribution in [1.82, 2.24) is 9.55 Å². The number of aromatic nitrogens is 2. The molecule has 1 aliphatic heterocycles. The van der Waals surface area contributed by atoms with Gasteiger partial charge in [0, 0.05) is 41.0 Å². The number of aryl methyl sites for hydroxylation is 1. The van der Waals surface area contributed by atoms with Crippen molar-refractivity contribution in [3.63, 3.8) is 0 Å². The molecule has 0 bridgehead atoms. The van der Waals surface area contributed by atoms with E-state index in [4.69, 9.17) is 0 Å². The molecule has 4 heteroatoms. The van der Waals surface area contributed by atoms with E-state index in [-0.39, 0.29) is 6.61 Å². The van der Waals surface area contributed by atoms with Crippen LogP contribution in [0.25, 0.3) is 11.4 Å². The van der Waals surface area contributed by atoms with Crippen LogP contribution in [-0.2, 0) is 13.0 Å². The molecule has 1 N–H and O–H groups in total. The number of hydrogen-bond donors (Lipinski definition) is 1. The van der Waals surface area contributed by atoms with E-state index in [1.807, 2.05) is 18.3 Å². The fourth-order valence-corrected chi connectivity index (χ4v) is 2.92. The minimum Gasteiger partial charge on any atom is -0.396 e. The van der Waals surface area contributed by atoms with E-state index in [2.05, 4.69) is 37.6 Å². The Bertz CT molecular complexity index is 565. The molecule has 2 aromatic rings. The van der Waals surface area contributed by atoms with Gasteiger partial charge in [0.1, 0.15) is 5.82 Å². The largest absolute Gasteiger partial charge is 0.396 e. The maximum Gasteiger partial charge on any atom is 0.140 e. The quantitative estimate of drug-likeness (QED) is 0.926. The molecule has 3 nitrogen and oxygen atoms in total. The number of rotatable bonds is 2. The van der Waals surface area contributed by atoms with Crippen LogP contribution in [-0.4, -0.2) is 21.3 Å². The molecule has 0 saturated heterocycles. The van der Waals surface area contributed by atoms with E-state index < -0.39 is 0 Å². The van der Waals surface area contributed by atoms with Crippen LogP contribution in [0.15, 0.2) is 34.9 Å². The minimum absolute atomic E-state index is 0.259. The normalized spacial score (nSPS) is 18.7. The summed E-state index contributed by atoms with van der Waals surface area (Å²) in [5, 5.41) is 9.32. The SMILES string of the molecule is OCC1CCc2cnc(-c3cccc(Br)c3)n2C1. The zero-order valence-corrected chi connectivity index (χ0v) is 11.6. The van der Waals surface area contributed by atoms with Gasteiger partial charge >= 0.3 is 0 Å². The number of aliphatic hydroxyl groups excluding tert-OH is 1. The van der Waals surface area contributed by atoms with Gasteiger partial charge in [0.05, 0.1) is 0 Å². The lowest BCUT2D eigenvalue weighted by Crippen LogP contribution is -2.22. The van der Waals surface area contributed by atoms with Crippen LogP contribution in [0.5, 0.6) is 0 Å². The molecular formula is C14H15BrN2O. The van der Waals surface area contributed by atoms with Crippen LogP contribution in [0.3, 0.4) is 0 Å². The van der Waals surface area contributed by atoms with Crippen LogP contribution in [0, 0.1) is 5.92 Å². The van der Waals surface area contributed by atoms with Gasteiger partial charge in [-0.15, -0.1) is 0 Å². The lowest BCUT2D eigenvalue weighted by molar-refractivity contribution is 0.192. The molecule has 0 spiro atoms. The summed E-state index contributed by atoms with van der Waals surface area (Å²) in [5.41, 5.74) is 2.39. The average Bonchev–Trinajstić information content (AvgIpc) is 2.81. The Hall–Kier alpha value is -1.13. The van der Waals surface area contributed by atoms with Crippen molar-refractivity contribution in [1.29, 1.82) is 0 Å². The van der Waals surface area contributed by atoms with Crippen molar-refractivity contribution in [3.05, 3.63) is 40.6 Å². The van der Waals surface area contributed by atoms with Gasteiger partial charge in [-0.25, -0.2) is 4.98 Å². The zero-order valence-electron chi connectivity index (χ0n) is 10.0. The number of imidazole rings is 1. The standard InChI is InChI=1S/C14H15BrN2O/c15-12-3-1-2-11(6-12)14-16-7-13-5-4-10(9-18)8-17(13)14/h1-3,6-7,10,18H,4-5,8-9H2. The molecule has 18 heavy (non-hydrogen) atoms. The monoisotopic (exact) mass is 306 g/mol. The smallest absolute Gasteiger partial charge is 0.140 e. The summed E-state index contributed by atoms with van der Waals surface area (Å²) in [6.45, 7) is 1.13.